The molecule has 1 aromatic rings. The van der Waals surface area contributed by atoms with E-state index in [0.717, 1.165) is 24.3 Å². The molecule has 112 valence electrons. The first-order valence-electron chi connectivity index (χ1n) is 7.58. The number of rotatable bonds is 7. The van der Waals surface area contributed by atoms with Gasteiger partial charge in [0.2, 0.25) is 0 Å². The lowest BCUT2D eigenvalue weighted by atomic mass is 10.0. The van der Waals surface area contributed by atoms with Crippen molar-refractivity contribution in [3.05, 3.63) is 30.1 Å². The molecule has 2 rings (SSSR count). The van der Waals surface area contributed by atoms with Crippen LogP contribution in [0.25, 0.3) is 0 Å². The van der Waals surface area contributed by atoms with E-state index in [2.05, 4.69) is 12.2 Å². The fraction of sp³-hybridized carbons (Fsp3) is 0.625. The highest BCUT2D eigenvalue weighted by Gasteiger charge is 2.26. The summed E-state index contributed by atoms with van der Waals surface area (Å²) in [5.41, 5.74) is 0. The van der Waals surface area contributed by atoms with E-state index >= 15 is 0 Å². The summed E-state index contributed by atoms with van der Waals surface area (Å²) in [7, 11) is -1.00. The van der Waals surface area contributed by atoms with Crippen molar-refractivity contribution in [2.45, 2.75) is 50.0 Å². The monoisotopic (exact) mass is 297 g/mol. The van der Waals surface area contributed by atoms with Crippen molar-refractivity contribution in [2.24, 2.45) is 5.92 Å². The predicted molar refractivity (Wildman–Crippen MR) is 81.7 cm³/mol. The van der Waals surface area contributed by atoms with E-state index in [4.69, 9.17) is 0 Å². The lowest BCUT2D eigenvalue weighted by Gasteiger charge is -2.20. The third-order valence-corrected chi connectivity index (χ3v) is 5.47. The molecular formula is C16H24FNOS. The van der Waals surface area contributed by atoms with Gasteiger partial charge in [0.15, 0.2) is 0 Å². The summed E-state index contributed by atoms with van der Waals surface area (Å²) in [5, 5.41) is 3.60. The SMILES string of the molecule is CCCNC1CCCC1CCS(=O)c1ccc(F)cc1. The van der Waals surface area contributed by atoms with Crippen LogP contribution in [0.15, 0.2) is 29.2 Å². The smallest absolute Gasteiger partial charge is 0.123 e. The molecule has 1 aliphatic carbocycles. The zero-order chi connectivity index (χ0) is 14.4. The molecule has 4 heteroatoms. The average molecular weight is 297 g/mol. The van der Waals surface area contributed by atoms with E-state index in [1.54, 1.807) is 12.1 Å². The first-order valence-corrected chi connectivity index (χ1v) is 8.90. The highest BCUT2D eigenvalue weighted by atomic mass is 32.2. The van der Waals surface area contributed by atoms with Crippen molar-refractivity contribution in [2.75, 3.05) is 12.3 Å². The van der Waals surface area contributed by atoms with Crippen LogP contribution in [0.4, 0.5) is 4.39 Å². The third-order valence-electron chi connectivity index (χ3n) is 4.07. The third kappa shape index (κ3) is 4.38. The summed E-state index contributed by atoms with van der Waals surface area (Å²) in [4.78, 5) is 0.738. The molecule has 1 aromatic carbocycles. The Balaban J connectivity index is 1.81. The van der Waals surface area contributed by atoms with Gasteiger partial charge in [-0.25, -0.2) is 4.39 Å². The Kier molecular flexibility index (Phi) is 6.17. The molecule has 1 N–H and O–H groups in total. The second-order valence-corrected chi connectivity index (χ2v) is 7.11. The highest BCUT2D eigenvalue weighted by Crippen LogP contribution is 2.29. The normalized spacial score (nSPS) is 23.9. The largest absolute Gasteiger partial charge is 0.314 e. The maximum Gasteiger partial charge on any atom is 0.123 e. The van der Waals surface area contributed by atoms with E-state index < -0.39 is 10.8 Å². The van der Waals surface area contributed by atoms with Crippen molar-refractivity contribution in [1.29, 1.82) is 0 Å². The molecule has 20 heavy (non-hydrogen) atoms. The first-order chi connectivity index (χ1) is 9.70. The minimum absolute atomic E-state index is 0.273. The van der Waals surface area contributed by atoms with Crippen molar-refractivity contribution in [3.8, 4) is 0 Å². The minimum atomic E-state index is -1.00. The van der Waals surface area contributed by atoms with E-state index in [0.29, 0.717) is 17.7 Å². The molecule has 0 radical (unpaired) electrons. The molecule has 1 aliphatic rings. The molecule has 0 bridgehead atoms. The van der Waals surface area contributed by atoms with Gasteiger partial charge < -0.3 is 5.32 Å². The molecule has 0 saturated heterocycles. The van der Waals surface area contributed by atoms with Crippen LogP contribution in [0.5, 0.6) is 0 Å². The summed E-state index contributed by atoms with van der Waals surface area (Å²) < 4.78 is 25.0. The summed E-state index contributed by atoms with van der Waals surface area (Å²) in [5.74, 6) is 1.05. The van der Waals surface area contributed by atoms with Crippen LogP contribution in [0.3, 0.4) is 0 Å². The summed E-state index contributed by atoms with van der Waals surface area (Å²) in [6.45, 7) is 3.25. The summed E-state index contributed by atoms with van der Waals surface area (Å²) in [6.07, 6.45) is 5.90. The maximum absolute atomic E-state index is 12.8. The fourth-order valence-corrected chi connectivity index (χ4v) is 4.14. The van der Waals surface area contributed by atoms with Crippen LogP contribution >= 0.6 is 0 Å². The van der Waals surface area contributed by atoms with Gasteiger partial charge >= 0.3 is 0 Å². The molecule has 1 saturated carbocycles. The molecule has 0 amide bonds. The Morgan fingerprint density at radius 2 is 2.05 bits per heavy atom. The fourth-order valence-electron chi connectivity index (χ4n) is 2.94. The highest BCUT2D eigenvalue weighted by molar-refractivity contribution is 7.85. The Hall–Kier alpha value is -0.740. The van der Waals surface area contributed by atoms with Crippen molar-refractivity contribution in [1.82, 2.24) is 5.32 Å². The number of nitrogens with one attached hydrogen (secondary N) is 1. The number of hydrogen-bond acceptors (Lipinski definition) is 2. The van der Waals surface area contributed by atoms with Crippen LogP contribution in [-0.2, 0) is 10.8 Å². The molecule has 0 spiro atoms. The van der Waals surface area contributed by atoms with Gasteiger partial charge in [-0.1, -0.05) is 13.3 Å². The van der Waals surface area contributed by atoms with E-state index in [-0.39, 0.29) is 5.82 Å². The van der Waals surface area contributed by atoms with Gasteiger partial charge in [0, 0.05) is 16.7 Å². The van der Waals surface area contributed by atoms with Gasteiger partial charge in [0.05, 0.1) is 10.8 Å². The van der Waals surface area contributed by atoms with Crippen LogP contribution < -0.4 is 5.32 Å². The summed E-state index contributed by atoms with van der Waals surface area (Å²) >= 11 is 0. The zero-order valence-corrected chi connectivity index (χ0v) is 12.9. The quantitative estimate of drug-likeness (QED) is 0.834. The topological polar surface area (TPSA) is 29.1 Å². The minimum Gasteiger partial charge on any atom is -0.314 e. The Morgan fingerprint density at radius 1 is 1.30 bits per heavy atom. The van der Waals surface area contributed by atoms with Crippen molar-refractivity contribution < 1.29 is 8.60 Å². The molecule has 3 atom stereocenters. The number of halogens is 1. The second-order valence-electron chi connectivity index (χ2n) is 5.54. The van der Waals surface area contributed by atoms with Gasteiger partial charge in [0.1, 0.15) is 5.82 Å². The van der Waals surface area contributed by atoms with Crippen molar-refractivity contribution in [3.63, 3.8) is 0 Å². The molecular weight excluding hydrogens is 273 g/mol. The lowest BCUT2D eigenvalue weighted by molar-refractivity contribution is 0.393. The molecule has 0 aromatic heterocycles. The van der Waals surface area contributed by atoms with Gasteiger partial charge in [0.25, 0.3) is 0 Å². The second kappa shape index (κ2) is 7.89. The standard InChI is InChI=1S/C16H24FNOS/c1-2-11-18-16-5-3-4-13(16)10-12-20(19)15-8-6-14(17)7-9-15/h6-9,13,16,18H,2-5,10-12H2,1H3. The Labute approximate surface area is 123 Å². The van der Waals surface area contributed by atoms with Crippen LogP contribution in [-0.4, -0.2) is 22.5 Å². The molecule has 3 unspecified atom stereocenters. The predicted octanol–water partition coefficient (Wildman–Crippen LogP) is 3.49. The van der Waals surface area contributed by atoms with Gasteiger partial charge in [-0.15, -0.1) is 0 Å². The maximum atomic E-state index is 12.8. The van der Waals surface area contributed by atoms with Gasteiger partial charge in [-0.05, 0) is 62.4 Å². The van der Waals surface area contributed by atoms with Crippen LogP contribution in [0.1, 0.15) is 39.0 Å². The molecule has 0 heterocycles. The number of benzene rings is 1. The van der Waals surface area contributed by atoms with E-state index in [1.165, 1.54) is 31.4 Å². The first kappa shape index (κ1) is 15.6. The van der Waals surface area contributed by atoms with Crippen LogP contribution in [0, 0.1) is 11.7 Å². The van der Waals surface area contributed by atoms with Crippen LogP contribution in [0.2, 0.25) is 0 Å². The average Bonchev–Trinajstić information content (AvgIpc) is 2.90. The van der Waals surface area contributed by atoms with Crippen molar-refractivity contribution >= 4 is 10.8 Å². The van der Waals surface area contributed by atoms with E-state index in [1.807, 2.05) is 0 Å². The summed E-state index contributed by atoms with van der Waals surface area (Å²) in [6, 6.07) is 6.63. The Bertz CT molecular complexity index is 435. The molecule has 2 nitrogen and oxygen atoms in total. The molecule has 0 aliphatic heterocycles. The Morgan fingerprint density at radius 3 is 2.75 bits per heavy atom. The molecule has 1 fully saturated rings. The van der Waals surface area contributed by atoms with E-state index in [9.17, 15) is 8.60 Å². The lowest BCUT2D eigenvalue weighted by Crippen LogP contribution is -2.33. The van der Waals surface area contributed by atoms with Gasteiger partial charge in [-0.2, -0.15) is 0 Å². The number of hydrogen-bond donors (Lipinski definition) is 1. The zero-order valence-electron chi connectivity index (χ0n) is 12.1. The van der Waals surface area contributed by atoms with Gasteiger partial charge in [-0.3, -0.25) is 4.21 Å².